The molecule has 0 unspecified atom stereocenters. The first kappa shape index (κ1) is 17.6. The molecule has 1 aromatic carbocycles. The van der Waals surface area contributed by atoms with Gasteiger partial charge in [-0.1, -0.05) is 18.2 Å². The fourth-order valence-corrected chi connectivity index (χ4v) is 2.43. The predicted molar refractivity (Wildman–Crippen MR) is 87.1 cm³/mol. The molecule has 134 valence electrons. The number of alkyl halides is 3. The highest BCUT2D eigenvalue weighted by Crippen LogP contribution is 2.26. The molecule has 26 heavy (non-hydrogen) atoms. The lowest BCUT2D eigenvalue weighted by molar-refractivity contribution is -0.142. The van der Waals surface area contributed by atoms with Gasteiger partial charge in [-0.15, -0.1) is 0 Å². The number of hydrogen-bond acceptors (Lipinski definition) is 4. The van der Waals surface area contributed by atoms with E-state index in [4.69, 9.17) is 0 Å². The molecule has 2 heterocycles. The first-order valence-corrected chi connectivity index (χ1v) is 7.59. The van der Waals surface area contributed by atoms with Gasteiger partial charge in [-0.3, -0.25) is 19.1 Å². The van der Waals surface area contributed by atoms with Crippen molar-refractivity contribution in [2.45, 2.75) is 19.3 Å². The maximum Gasteiger partial charge on any atom is 0.438 e. The fourth-order valence-electron chi connectivity index (χ4n) is 2.43. The summed E-state index contributed by atoms with van der Waals surface area (Å²) in [4.78, 5) is 31.8. The Balaban J connectivity index is 1.92. The lowest BCUT2D eigenvalue weighted by Gasteiger charge is -2.13. The Morgan fingerprint density at radius 3 is 2.54 bits per heavy atom. The summed E-state index contributed by atoms with van der Waals surface area (Å²) >= 11 is 0. The highest BCUT2D eigenvalue weighted by Gasteiger charge is 2.37. The summed E-state index contributed by atoms with van der Waals surface area (Å²) in [5.74, 6) is -0.609. The molecular weight excluding hydrogens is 349 g/mol. The third-order valence-corrected chi connectivity index (χ3v) is 3.62. The molecule has 0 radical (unpaired) electrons. The Labute approximate surface area is 145 Å². The summed E-state index contributed by atoms with van der Waals surface area (Å²) < 4.78 is 40.0. The van der Waals surface area contributed by atoms with Crippen LogP contribution in [0.25, 0.3) is 11.0 Å². The van der Waals surface area contributed by atoms with E-state index in [0.717, 1.165) is 4.57 Å². The number of nitrogens with zero attached hydrogens (tertiary/aromatic N) is 3. The Hall–Kier alpha value is -3.23. The van der Waals surface area contributed by atoms with Crippen LogP contribution in [0.15, 0.2) is 53.5 Å². The second kappa shape index (κ2) is 6.95. The summed E-state index contributed by atoms with van der Waals surface area (Å²) in [5.41, 5.74) is -2.18. The van der Waals surface area contributed by atoms with Gasteiger partial charge in [0.15, 0.2) is 0 Å². The van der Waals surface area contributed by atoms with Crippen LogP contribution in [-0.2, 0) is 24.1 Å². The third-order valence-electron chi connectivity index (χ3n) is 3.62. The number of nitrogens with one attached hydrogen (secondary N) is 1. The van der Waals surface area contributed by atoms with Crippen LogP contribution in [0.3, 0.4) is 0 Å². The van der Waals surface area contributed by atoms with E-state index < -0.39 is 29.9 Å². The van der Waals surface area contributed by atoms with Gasteiger partial charge < -0.3 is 5.32 Å². The van der Waals surface area contributed by atoms with Crippen LogP contribution in [0.1, 0.15) is 11.4 Å². The van der Waals surface area contributed by atoms with Crippen molar-refractivity contribution in [2.24, 2.45) is 0 Å². The SMILES string of the molecule is O=C(Cn1c(=O)c(C(F)(F)F)nc2ccccc21)NCc1ccccn1. The van der Waals surface area contributed by atoms with Crippen molar-refractivity contribution >= 4 is 16.9 Å². The number of rotatable bonds is 4. The molecular formula is C17H13F3N4O2. The zero-order valence-electron chi connectivity index (χ0n) is 13.3. The first-order chi connectivity index (χ1) is 12.4. The van der Waals surface area contributed by atoms with Crippen molar-refractivity contribution in [1.29, 1.82) is 0 Å². The monoisotopic (exact) mass is 362 g/mol. The molecule has 0 aliphatic heterocycles. The minimum Gasteiger partial charge on any atom is -0.349 e. The van der Waals surface area contributed by atoms with E-state index in [1.807, 2.05) is 0 Å². The van der Waals surface area contributed by atoms with Crippen molar-refractivity contribution in [3.8, 4) is 0 Å². The van der Waals surface area contributed by atoms with Gasteiger partial charge in [0.05, 0.1) is 23.3 Å². The van der Waals surface area contributed by atoms with E-state index in [1.54, 1.807) is 30.5 Å². The molecule has 3 aromatic rings. The first-order valence-electron chi connectivity index (χ1n) is 7.59. The van der Waals surface area contributed by atoms with Gasteiger partial charge in [-0.25, -0.2) is 4.98 Å². The number of halogens is 3. The number of hydrogen-bond donors (Lipinski definition) is 1. The normalized spacial score (nSPS) is 11.5. The van der Waals surface area contributed by atoms with Crippen molar-refractivity contribution in [1.82, 2.24) is 19.9 Å². The number of benzene rings is 1. The maximum atomic E-state index is 13.1. The number of amides is 1. The molecule has 0 fully saturated rings. The van der Waals surface area contributed by atoms with Crippen molar-refractivity contribution in [2.75, 3.05) is 0 Å². The highest BCUT2D eigenvalue weighted by molar-refractivity contribution is 5.80. The van der Waals surface area contributed by atoms with Gasteiger partial charge in [0, 0.05) is 6.20 Å². The predicted octanol–water partition coefficient (Wildman–Crippen LogP) is 2.13. The van der Waals surface area contributed by atoms with Gasteiger partial charge in [-0.05, 0) is 24.3 Å². The number of para-hydroxylation sites is 2. The summed E-state index contributed by atoms with van der Waals surface area (Å²) in [6.07, 6.45) is -3.36. The Morgan fingerprint density at radius 2 is 1.85 bits per heavy atom. The van der Waals surface area contributed by atoms with Crippen LogP contribution >= 0.6 is 0 Å². The van der Waals surface area contributed by atoms with E-state index >= 15 is 0 Å². The second-order valence-corrected chi connectivity index (χ2v) is 5.44. The topological polar surface area (TPSA) is 76.9 Å². The second-order valence-electron chi connectivity index (χ2n) is 5.44. The summed E-state index contributed by atoms with van der Waals surface area (Å²) in [5, 5.41) is 2.53. The van der Waals surface area contributed by atoms with Gasteiger partial charge >= 0.3 is 6.18 Å². The quantitative estimate of drug-likeness (QED) is 0.771. The van der Waals surface area contributed by atoms with Crippen molar-refractivity contribution < 1.29 is 18.0 Å². The molecule has 0 aliphatic carbocycles. The van der Waals surface area contributed by atoms with Gasteiger partial charge in [0.25, 0.3) is 5.56 Å². The zero-order valence-corrected chi connectivity index (χ0v) is 13.3. The molecule has 2 aromatic heterocycles. The van der Waals surface area contributed by atoms with Crippen LogP contribution in [0, 0.1) is 0 Å². The molecule has 0 atom stereocenters. The Morgan fingerprint density at radius 1 is 1.12 bits per heavy atom. The number of carbonyl (C=O) groups excluding carboxylic acids is 1. The average molecular weight is 362 g/mol. The van der Waals surface area contributed by atoms with Crippen LogP contribution in [0.4, 0.5) is 13.2 Å². The lowest BCUT2D eigenvalue weighted by atomic mass is 10.2. The molecule has 1 N–H and O–H groups in total. The average Bonchev–Trinajstić information content (AvgIpc) is 2.62. The van der Waals surface area contributed by atoms with Crippen LogP contribution < -0.4 is 10.9 Å². The molecule has 0 aliphatic rings. The Kier molecular flexibility index (Phi) is 4.70. The fraction of sp³-hybridized carbons (Fsp3) is 0.176. The van der Waals surface area contributed by atoms with Crippen molar-refractivity contribution in [3.63, 3.8) is 0 Å². The molecule has 0 bridgehead atoms. The summed E-state index contributed by atoms with van der Waals surface area (Å²) in [7, 11) is 0. The summed E-state index contributed by atoms with van der Waals surface area (Å²) in [6.45, 7) is -0.457. The molecule has 0 spiro atoms. The minimum absolute atomic E-state index is 0.0167. The lowest BCUT2D eigenvalue weighted by Crippen LogP contribution is -2.36. The van der Waals surface area contributed by atoms with E-state index in [0.29, 0.717) is 5.69 Å². The Bertz CT molecular complexity index is 1000. The number of fused-ring (bicyclic) bond motifs is 1. The third kappa shape index (κ3) is 3.71. The summed E-state index contributed by atoms with van der Waals surface area (Å²) in [6, 6.07) is 11.0. The maximum absolute atomic E-state index is 13.1. The standard InChI is InChI=1S/C17H13F3N4O2/c18-17(19,20)15-16(26)24(13-7-2-1-6-12(13)23-15)10-14(25)22-9-11-5-3-4-8-21-11/h1-8H,9-10H2,(H,22,25). The van der Waals surface area contributed by atoms with E-state index in [2.05, 4.69) is 15.3 Å². The molecule has 0 saturated heterocycles. The molecule has 9 heteroatoms. The van der Waals surface area contributed by atoms with Gasteiger partial charge in [0.2, 0.25) is 11.6 Å². The number of pyridine rings is 1. The minimum atomic E-state index is -4.91. The van der Waals surface area contributed by atoms with Crippen molar-refractivity contribution in [3.05, 3.63) is 70.4 Å². The highest BCUT2D eigenvalue weighted by atomic mass is 19.4. The smallest absolute Gasteiger partial charge is 0.349 e. The molecule has 6 nitrogen and oxygen atoms in total. The van der Waals surface area contributed by atoms with E-state index in [9.17, 15) is 22.8 Å². The van der Waals surface area contributed by atoms with E-state index in [1.165, 1.54) is 18.2 Å². The van der Waals surface area contributed by atoms with Gasteiger partial charge in [-0.2, -0.15) is 13.2 Å². The molecule has 3 rings (SSSR count). The van der Waals surface area contributed by atoms with Crippen LogP contribution in [0.2, 0.25) is 0 Å². The number of carbonyl (C=O) groups is 1. The molecule has 1 amide bonds. The largest absolute Gasteiger partial charge is 0.438 e. The molecule has 0 saturated carbocycles. The zero-order chi connectivity index (χ0) is 18.7. The van der Waals surface area contributed by atoms with Gasteiger partial charge in [0.1, 0.15) is 6.54 Å². The van der Waals surface area contributed by atoms with Crippen LogP contribution in [-0.4, -0.2) is 20.4 Å². The van der Waals surface area contributed by atoms with Crippen LogP contribution in [0.5, 0.6) is 0 Å². The van der Waals surface area contributed by atoms with E-state index in [-0.39, 0.29) is 17.6 Å². The number of aromatic nitrogens is 3.